The number of rotatable bonds is 5. The van der Waals surface area contributed by atoms with Crippen LogP contribution < -0.4 is 4.80 Å². The maximum absolute atomic E-state index is 12.3. The summed E-state index contributed by atoms with van der Waals surface area (Å²) in [7, 11) is 0. The molecule has 0 N–H and O–H groups in total. The average Bonchev–Trinajstić information content (AvgIpc) is 2.98. The van der Waals surface area contributed by atoms with Crippen molar-refractivity contribution in [3.05, 3.63) is 27.5 Å². The van der Waals surface area contributed by atoms with E-state index in [0.717, 1.165) is 47.2 Å². The van der Waals surface area contributed by atoms with Crippen LogP contribution in [0.2, 0.25) is 0 Å². The molecule has 1 aromatic carbocycles. The lowest BCUT2D eigenvalue weighted by molar-refractivity contribution is -0.129. The molecule has 5 nitrogen and oxygen atoms in total. The van der Waals surface area contributed by atoms with Crippen molar-refractivity contribution < 1.29 is 9.59 Å². The molecule has 0 bridgehead atoms. The van der Waals surface area contributed by atoms with Gasteiger partial charge in [-0.05, 0) is 44.4 Å². The summed E-state index contributed by atoms with van der Waals surface area (Å²) in [6, 6.07) is 6.07. The number of fused-ring (bicyclic) bond motifs is 1. The van der Waals surface area contributed by atoms with Gasteiger partial charge in [-0.3, -0.25) is 9.59 Å². The van der Waals surface area contributed by atoms with Crippen LogP contribution >= 0.6 is 39.0 Å². The zero-order chi connectivity index (χ0) is 18.5. The second-order valence-corrected chi connectivity index (χ2v) is 9.09. The Hall–Kier alpha value is -1.12. The van der Waals surface area contributed by atoms with Crippen LogP contribution in [0.4, 0.5) is 0 Å². The molecule has 0 aliphatic carbocycles. The number of nitrogens with zero attached hydrogens (tertiary/aromatic N) is 3. The van der Waals surface area contributed by atoms with Gasteiger partial charge in [0.1, 0.15) is 0 Å². The van der Waals surface area contributed by atoms with E-state index >= 15 is 0 Å². The highest BCUT2D eigenvalue weighted by Gasteiger charge is 2.16. The first kappa shape index (κ1) is 19.6. The van der Waals surface area contributed by atoms with Crippen LogP contribution in [0.15, 0.2) is 27.7 Å². The van der Waals surface area contributed by atoms with Gasteiger partial charge in [-0.25, -0.2) is 0 Å². The van der Waals surface area contributed by atoms with Gasteiger partial charge in [0, 0.05) is 24.1 Å². The second kappa shape index (κ2) is 9.19. The average molecular weight is 456 g/mol. The number of thioether (sulfide) groups is 1. The number of hydrogen-bond acceptors (Lipinski definition) is 4. The minimum Gasteiger partial charge on any atom is -0.342 e. The molecule has 0 unspecified atom stereocenters. The lowest BCUT2D eigenvalue weighted by Gasteiger charge is -2.26. The van der Waals surface area contributed by atoms with Crippen molar-refractivity contribution in [2.75, 3.05) is 24.6 Å². The lowest BCUT2D eigenvalue weighted by atomic mass is 10.1. The van der Waals surface area contributed by atoms with Crippen molar-refractivity contribution in [2.24, 2.45) is 4.99 Å². The van der Waals surface area contributed by atoms with E-state index in [2.05, 4.69) is 20.9 Å². The van der Waals surface area contributed by atoms with Crippen LogP contribution in [0.1, 0.15) is 26.2 Å². The Balaban J connectivity index is 1.63. The smallest absolute Gasteiger partial charge is 0.258 e. The summed E-state index contributed by atoms with van der Waals surface area (Å²) in [4.78, 5) is 31.3. The molecular weight excluding hydrogens is 434 g/mol. The molecule has 1 fully saturated rings. The van der Waals surface area contributed by atoms with Gasteiger partial charge in [0.2, 0.25) is 5.91 Å². The minimum absolute atomic E-state index is 0.137. The fraction of sp³-hybridized carbons (Fsp3) is 0.500. The van der Waals surface area contributed by atoms with E-state index in [-0.39, 0.29) is 17.6 Å². The van der Waals surface area contributed by atoms with E-state index in [9.17, 15) is 9.59 Å². The van der Waals surface area contributed by atoms with Crippen molar-refractivity contribution in [1.82, 2.24) is 9.47 Å². The molecule has 0 atom stereocenters. The Kier molecular flexibility index (Phi) is 6.94. The van der Waals surface area contributed by atoms with E-state index in [1.807, 2.05) is 34.6 Å². The van der Waals surface area contributed by atoms with Crippen LogP contribution in [-0.4, -0.2) is 45.9 Å². The molecule has 0 spiro atoms. The number of hydrogen-bond donors (Lipinski definition) is 0. The molecular formula is C18H22BrN3O2S2. The van der Waals surface area contributed by atoms with Gasteiger partial charge >= 0.3 is 0 Å². The van der Waals surface area contributed by atoms with Crippen molar-refractivity contribution in [3.63, 3.8) is 0 Å². The van der Waals surface area contributed by atoms with Crippen molar-refractivity contribution in [3.8, 4) is 0 Å². The summed E-state index contributed by atoms with van der Waals surface area (Å²) in [6.07, 6.45) is 3.38. The summed E-state index contributed by atoms with van der Waals surface area (Å²) < 4.78 is 4.16. The summed E-state index contributed by atoms with van der Waals surface area (Å²) in [5, 5.41) is 0. The van der Waals surface area contributed by atoms with Crippen molar-refractivity contribution in [1.29, 1.82) is 0 Å². The first-order valence-electron chi connectivity index (χ1n) is 8.80. The summed E-state index contributed by atoms with van der Waals surface area (Å²) in [5.74, 6) is 0.544. The third-order valence-electron chi connectivity index (χ3n) is 4.34. The van der Waals surface area contributed by atoms with Gasteiger partial charge < -0.3 is 9.47 Å². The predicted octanol–water partition coefficient (Wildman–Crippen LogP) is 3.66. The van der Waals surface area contributed by atoms with Gasteiger partial charge in [0.15, 0.2) is 4.80 Å². The minimum atomic E-state index is -0.186. The van der Waals surface area contributed by atoms with Crippen molar-refractivity contribution >= 4 is 61.1 Å². The Bertz CT molecular complexity index is 869. The zero-order valence-electron chi connectivity index (χ0n) is 14.7. The number of aromatic nitrogens is 1. The number of benzene rings is 1. The lowest BCUT2D eigenvalue weighted by Crippen LogP contribution is -2.36. The van der Waals surface area contributed by atoms with E-state index < -0.39 is 0 Å². The second-order valence-electron chi connectivity index (χ2n) is 6.18. The van der Waals surface area contributed by atoms with E-state index in [4.69, 9.17) is 0 Å². The largest absolute Gasteiger partial charge is 0.342 e. The SMILES string of the molecule is CCn1c(=NC(=O)CSCC(=O)N2CCCCC2)sc2cc(Br)ccc21. The molecule has 1 saturated heterocycles. The standard InChI is InChI=1S/C18H22BrN3O2S2/c1-2-22-14-7-6-13(19)10-15(14)26-18(22)20-16(23)11-25-12-17(24)21-8-4-3-5-9-21/h6-7,10H,2-5,8-9,11-12H2,1H3. The fourth-order valence-electron chi connectivity index (χ4n) is 3.04. The number of thiazole rings is 1. The van der Waals surface area contributed by atoms with E-state index in [1.54, 1.807) is 0 Å². The number of carbonyl (C=O) groups is 2. The zero-order valence-corrected chi connectivity index (χ0v) is 18.0. The highest BCUT2D eigenvalue weighted by Crippen LogP contribution is 2.22. The number of halogens is 1. The highest BCUT2D eigenvalue weighted by atomic mass is 79.9. The molecule has 1 aliphatic rings. The number of amides is 2. The third-order valence-corrected chi connectivity index (χ3v) is 6.78. The van der Waals surface area contributed by atoms with Crippen LogP contribution in [0.25, 0.3) is 10.2 Å². The topological polar surface area (TPSA) is 54.7 Å². The number of carbonyl (C=O) groups excluding carboxylic acids is 2. The quantitative estimate of drug-likeness (QED) is 0.690. The van der Waals surface area contributed by atoms with Crippen LogP contribution in [0.5, 0.6) is 0 Å². The Morgan fingerprint density at radius 3 is 2.73 bits per heavy atom. The molecule has 3 rings (SSSR count). The van der Waals surface area contributed by atoms with E-state index in [1.165, 1.54) is 29.5 Å². The number of piperidine rings is 1. The Labute approximate surface area is 169 Å². The fourth-order valence-corrected chi connectivity index (χ4v) is 5.40. The summed E-state index contributed by atoms with van der Waals surface area (Å²) >= 11 is 6.35. The molecule has 0 saturated carbocycles. The van der Waals surface area contributed by atoms with Crippen LogP contribution in [0.3, 0.4) is 0 Å². The van der Waals surface area contributed by atoms with E-state index in [0.29, 0.717) is 10.6 Å². The molecule has 140 valence electrons. The van der Waals surface area contributed by atoms with Crippen molar-refractivity contribution in [2.45, 2.75) is 32.7 Å². The van der Waals surface area contributed by atoms with Crippen LogP contribution in [-0.2, 0) is 16.1 Å². The third kappa shape index (κ3) is 4.78. The predicted molar refractivity (Wildman–Crippen MR) is 112 cm³/mol. The first-order valence-corrected chi connectivity index (χ1v) is 11.6. The van der Waals surface area contributed by atoms with Crippen LogP contribution in [0, 0.1) is 0 Å². The normalized spacial score (nSPS) is 15.6. The summed E-state index contributed by atoms with van der Waals surface area (Å²) in [5.41, 5.74) is 1.08. The monoisotopic (exact) mass is 455 g/mol. The molecule has 2 amide bonds. The molecule has 0 radical (unpaired) electrons. The summed E-state index contributed by atoms with van der Waals surface area (Å²) in [6.45, 7) is 4.51. The molecule has 8 heteroatoms. The molecule has 2 heterocycles. The number of likely N-dealkylation sites (tertiary alicyclic amines) is 1. The first-order chi connectivity index (χ1) is 12.6. The molecule has 1 aromatic heterocycles. The van der Waals surface area contributed by atoms with Gasteiger partial charge in [0.05, 0.1) is 21.7 Å². The Morgan fingerprint density at radius 2 is 2.00 bits per heavy atom. The Morgan fingerprint density at radius 1 is 1.23 bits per heavy atom. The maximum atomic E-state index is 12.3. The van der Waals surface area contributed by atoms with Gasteiger partial charge in [0.25, 0.3) is 5.91 Å². The maximum Gasteiger partial charge on any atom is 0.258 e. The van der Waals surface area contributed by atoms with Gasteiger partial charge in [-0.15, -0.1) is 11.8 Å². The van der Waals surface area contributed by atoms with Gasteiger partial charge in [-0.1, -0.05) is 27.3 Å². The molecule has 2 aromatic rings. The molecule has 26 heavy (non-hydrogen) atoms. The highest BCUT2D eigenvalue weighted by molar-refractivity contribution is 9.10. The molecule has 1 aliphatic heterocycles. The van der Waals surface area contributed by atoms with Gasteiger partial charge in [-0.2, -0.15) is 4.99 Å². The number of aryl methyl sites for hydroxylation is 1.